The normalized spacial score (nSPS) is 39.2. The Kier molecular flexibility index (Phi) is 8.58. The van der Waals surface area contributed by atoms with Crippen molar-refractivity contribution in [3.63, 3.8) is 0 Å². The quantitative estimate of drug-likeness (QED) is 0.238. The second-order valence-electron chi connectivity index (χ2n) is 15.6. The molecular weight excluding hydrogens is 492 g/mol. The first-order chi connectivity index (χ1) is 17.6. The van der Waals surface area contributed by atoms with Crippen molar-refractivity contribution in [2.45, 2.75) is 156 Å². The van der Waals surface area contributed by atoms with Crippen LogP contribution in [0.1, 0.15) is 119 Å². The Bertz CT molecular complexity index is 878. The summed E-state index contributed by atoms with van der Waals surface area (Å²) in [5, 5.41) is 0.263. The van der Waals surface area contributed by atoms with Gasteiger partial charge in [-0.2, -0.15) is 0 Å². The Morgan fingerprint density at radius 2 is 1.50 bits per heavy atom. The van der Waals surface area contributed by atoms with Gasteiger partial charge in [0.15, 0.2) is 8.32 Å². The van der Waals surface area contributed by atoms with E-state index in [1.807, 2.05) is 13.8 Å². The lowest BCUT2D eigenvalue weighted by Crippen LogP contribution is -2.55. The highest BCUT2D eigenvalue weighted by Gasteiger charge is 2.61. The molecule has 5 nitrogen and oxygen atoms in total. The van der Waals surface area contributed by atoms with Gasteiger partial charge >= 0.3 is 11.9 Å². The zero-order valence-electron chi connectivity index (χ0n) is 25.9. The molecule has 1 unspecified atom stereocenters. The van der Waals surface area contributed by atoms with Crippen LogP contribution in [0, 0.1) is 34.5 Å². The van der Waals surface area contributed by atoms with Crippen LogP contribution in [0.15, 0.2) is 0 Å². The average Bonchev–Trinajstić information content (AvgIpc) is 3.12. The van der Waals surface area contributed by atoms with Crippen LogP contribution in [-0.2, 0) is 23.5 Å². The lowest BCUT2D eigenvalue weighted by Gasteiger charge is -2.61. The van der Waals surface area contributed by atoms with E-state index in [0.29, 0.717) is 17.4 Å². The van der Waals surface area contributed by atoms with Crippen molar-refractivity contribution in [1.29, 1.82) is 0 Å². The molecule has 38 heavy (non-hydrogen) atoms. The number of fused-ring (bicyclic) bond motifs is 5. The second-order valence-corrected chi connectivity index (χ2v) is 20.3. The van der Waals surface area contributed by atoms with Gasteiger partial charge in [0.1, 0.15) is 6.10 Å². The summed E-state index contributed by atoms with van der Waals surface area (Å²) in [6.07, 6.45) is 11.4. The molecule has 0 radical (unpaired) electrons. The molecular formula is C32H56O5Si. The summed E-state index contributed by atoms with van der Waals surface area (Å²) in [6, 6.07) is 0. The van der Waals surface area contributed by atoms with Gasteiger partial charge in [0, 0.05) is 11.5 Å². The van der Waals surface area contributed by atoms with E-state index >= 15 is 0 Å². The molecule has 0 heterocycles. The molecule has 218 valence electrons. The van der Waals surface area contributed by atoms with Crippen molar-refractivity contribution in [2.75, 3.05) is 0 Å². The van der Waals surface area contributed by atoms with E-state index in [-0.39, 0.29) is 47.4 Å². The van der Waals surface area contributed by atoms with E-state index in [0.717, 1.165) is 30.6 Å². The van der Waals surface area contributed by atoms with Crippen LogP contribution < -0.4 is 0 Å². The van der Waals surface area contributed by atoms with Crippen molar-refractivity contribution in [3.8, 4) is 0 Å². The zero-order valence-corrected chi connectivity index (χ0v) is 26.9. The van der Waals surface area contributed by atoms with Crippen LogP contribution in [0.3, 0.4) is 0 Å². The Hall–Kier alpha value is -0.883. The van der Waals surface area contributed by atoms with Gasteiger partial charge in [-0.15, -0.1) is 0 Å². The molecule has 0 amide bonds. The summed E-state index contributed by atoms with van der Waals surface area (Å²) in [6.45, 7) is 20.5. The van der Waals surface area contributed by atoms with E-state index in [2.05, 4.69) is 47.7 Å². The SMILES string of the molecule is CC(C)OC(=O)CCC(=O)O[C@H]1CC[C@H]2[C@@H]3CC[C@H]4CC(O[Si](C)(C)C(C)(C)C)CC[C@]4(C)[C@H]3CC[C@]12C. The van der Waals surface area contributed by atoms with Crippen molar-refractivity contribution in [3.05, 3.63) is 0 Å². The van der Waals surface area contributed by atoms with Gasteiger partial charge in [-0.05, 0) is 119 Å². The molecule has 0 aliphatic heterocycles. The molecule has 0 bridgehead atoms. The van der Waals surface area contributed by atoms with Crippen LogP contribution in [0.2, 0.25) is 18.1 Å². The van der Waals surface area contributed by atoms with Crippen LogP contribution in [-0.4, -0.2) is 38.6 Å². The number of ether oxygens (including phenoxy) is 2. The monoisotopic (exact) mass is 548 g/mol. The molecule has 0 aromatic heterocycles. The smallest absolute Gasteiger partial charge is 0.306 e. The van der Waals surface area contributed by atoms with Gasteiger partial charge in [-0.25, -0.2) is 0 Å². The van der Waals surface area contributed by atoms with E-state index in [9.17, 15) is 9.59 Å². The highest BCUT2D eigenvalue weighted by atomic mass is 28.4. The summed E-state index contributed by atoms with van der Waals surface area (Å²) in [5.41, 5.74) is 0.490. The number of hydrogen-bond acceptors (Lipinski definition) is 5. The van der Waals surface area contributed by atoms with E-state index in [1.165, 1.54) is 44.9 Å². The van der Waals surface area contributed by atoms with Gasteiger partial charge < -0.3 is 13.9 Å². The van der Waals surface area contributed by atoms with E-state index in [4.69, 9.17) is 13.9 Å². The third-order valence-corrected chi connectivity index (χ3v) is 16.5. The third kappa shape index (κ3) is 5.78. The number of carbonyl (C=O) groups is 2. The minimum atomic E-state index is -1.74. The van der Waals surface area contributed by atoms with Gasteiger partial charge in [-0.1, -0.05) is 34.6 Å². The molecule has 4 aliphatic carbocycles. The summed E-state index contributed by atoms with van der Waals surface area (Å²) < 4.78 is 18.2. The van der Waals surface area contributed by atoms with Gasteiger partial charge in [0.25, 0.3) is 0 Å². The summed E-state index contributed by atoms with van der Waals surface area (Å²) in [7, 11) is -1.74. The highest BCUT2D eigenvalue weighted by molar-refractivity contribution is 6.74. The molecule has 8 atom stereocenters. The molecule has 0 aromatic rings. The fourth-order valence-electron chi connectivity index (χ4n) is 8.81. The fraction of sp³-hybridized carbons (Fsp3) is 0.938. The molecule has 0 spiro atoms. The molecule has 4 rings (SSSR count). The highest BCUT2D eigenvalue weighted by Crippen LogP contribution is 2.66. The maximum Gasteiger partial charge on any atom is 0.306 e. The van der Waals surface area contributed by atoms with Gasteiger partial charge in [0.05, 0.1) is 18.9 Å². The van der Waals surface area contributed by atoms with Gasteiger partial charge in [0.2, 0.25) is 0 Å². The first kappa shape index (κ1) is 30.1. The zero-order chi connectivity index (χ0) is 28.1. The maximum atomic E-state index is 12.7. The van der Waals surface area contributed by atoms with Crippen molar-refractivity contribution in [2.24, 2.45) is 34.5 Å². The molecule has 0 saturated heterocycles. The topological polar surface area (TPSA) is 61.8 Å². The summed E-state index contributed by atoms with van der Waals surface area (Å²) in [5.74, 6) is 2.39. The van der Waals surface area contributed by atoms with Crippen molar-refractivity contribution in [1.82, 2.24) is 0 Å². The van der Waals surface area contributed by atoms with E-state index in [1.54, 1.807) is 0 Å². The number of carbonyl (C=O) groups excluding carboxylic acids is 2. The second kappa shape index (κ2) is 10.8. The lowest BCUT2D eigenvalue weighted by molar-refractivity contribution is -0.167. The third-order valence-electron chi connectivity index (χ3n) is 12.0. The van der Waals surface area contributed by atoms with Crippen LogP contribution in [0.4, 0.5) is 0 Å². The predicted octanol–water partition coefficient (Wildman–Crippen LogP) is 8.06. The Morgan fingerprint density at radius 3 is 2.16 bits per heavy atom. The summed E-state index contributed by atoms with van der Waals surface area (Å²) >= 11 is 0. The molecule has 0 aromatic carbocycles. The Balaban J connectivity index is 1.36. The average molecular weight is 549 g/mol. The number of rotatable bonds is 7. The predicted molar refractivity (Wildman–Crippen MR) is 154 cm³/mol. The first-order valence-electron chi connectivity index (χ1n) is 15.6. The number of esters is 2. The number of hydrogen-bond donors (Lipinski definition) is 0. The van der Waals surface area contributed by atoms with Crippen LogP contribution in [0.25, 0.3) is 0 Å². The lowest BCUT2D eigenvalue weighted by atomic mass is 9.45. The Labute approximate surface area is 233 Å². The van der Waals surface area contributed by atoms with Crippen LogP contribution in [0.5, 0.6) is 0 Å². The standard InChI is InChI=1S/C32H56O5Si/c1-21(2)35-28(33)14-15-29(34)36-27-13-12-25-24-11-10-22-20-23(37-38(8,9)30(3,4)5)16-18-31(22,6)26(24)17-19-32(25,27)7/h21-27H,10-20H2,1-9H3/t22-,23?,24-,25-,26-,27-,31-,32-/m0/s1. The van der Waals surface area contributed by atoms with Gasteiger partial charge in [-0.3, -0.25) is 9.59 Å². The molecule has 4 fully saturated rings. The molecule has 4 aliphatic rings. The fourth-order valence-corrected chi connectivity index (χ4v) is 10.2. The molecule has 0 N–H and O–H groups in total. The molecule has 4 saturated carbocycles. The summed E-state index contributed by atoms with van der Waals surface area (Å²) in [4.78, 5) is 24.6. The van der Waals surface area contributed by atoms with Crippen molar-refractivity contribution < 1.29 is 23.5 Å². The largest absolute Gasteiger partial charge is 0.463 e. The first-order valence-corrected chi connectivity index (χ1v) is 18.5. The van der Waals surface area contributed by atoms with E-state index < -0.39 is 8.32 Å². The van der Waals surface area contributed by atoms with Crippen molar-refractivity contribution >= 4 is 20.3 Å². The maximum absolute atomic E-state index is 12.7. The Morgan fingerprint density at radius 1 is 0.868 bits per heavy atom. The minimum absolute atomic E-state index is 0.0127. The minimum Gasteiger partial charge on any atom is -0.463 e. The molecule has 6 heteroatoms. The van der Waals surface area contributed by atoms with Crippen LogP contribution >= 0.6 is 0 Å².